The molecule has 0 fully saturated rings. The van der Waals surface area contributed by atoms with E-state index in [-0.39, 0.29) is 6.04 Å². The average molecular weight is 351 g/mol. The van der Waals surface area contributed by atoms with Crippen molar-refractivity contribution in [2.45, 2.75) is 6.04 Å². The van der Waals surface area contributed by atoms with E-state index in [4.69, 9.17) is 16.6 Å². The molecule has 2 aromatic carbocycles. The first-order chi connectivity index (χ1) is 12.1. The van der Waals surface area contributed by atoms with Crippen LogP contribution in [-0.2, 0) is 0 Å². The summed E-state index contributed by atoms with van der Waals surface area (Å²) in [6.07, 6.45) is 3.83. The molecule has 0 saturated carbocycles. The molecule has 0 amide bonds. The van der Waals surface area contributed by atoms with Crippen LogP contribution in [0.2, 0.25) is 5.02 Å². The number of likely N-dealkylation sites (N-methyl/N-ethyl adjacent to an activating group) is 1. The van der Waals surface area contributed by atoms with Gasteiger partial charge in [0.2, 0.25) is 0 Å². The summed E-state index contributed by atoms with van der Waals surface area (Å²) in [6, 6.07) is 16.2. The lowest BCUT2D eigenvalue weighted by molar-refractivity contribution is 0.370. The van der Waals surface area contributed by atoms with Gasteiger partial charge in [-0.1, -0.05) is 41.9 Å². The van der Waals surface area contributed by atoms with Crippen LogP contribution in [0.5, 0.6) is 0 Å². The van der Waals surface area contributed by atoms with Crippen molar-refractivity contribution >= 4 is 17.3 Å². The van der Waals surface area contributed by atoms with Crippen molar-refractivity contribution in [3.05, 3.63) is 82.9 Å². The molecule has 4 nitrogen and oxygen atoms in total. The smallest absolute Gasteiger partial charge is 0.139 e. The minimum absolute atomic E-state index is 0.0496. The van der Waals surface area contributed by atoms with E-state index in [1.54, 1.807) is 0 Å². The van der Waals surface area contributed by atoms with Crippen LogP contribution in [0, 0.1) is 0 Å². The van der Waals surface area contributed by atoms with Gasteiger partial charge in [-0.05, 0) is 32.3 Å². The minimum Gasteiger partial charge on any atom is -0.307 e. The molecule has 4 rings (SSSR count). The number of fused-ring (bicyclic) bond motifs is 3. The molecule has 0 bridgehead atoms. The Bertz CT molecular complexity index is 928. The number of imidazole rings is 1. The Morgan fingerprint density at radius 3 is 2.68 bits per heavy atom. The Morgan fingerprint density at radius 2 is 1.92 bits per heavy atom. The average Bonchev–Trinajstić information content (AvgIpc) is 3.04. The first-order valence-electron chi connectivity index (χ1n) is 8.25. The molecule has 3 aromatic rings. The Balaban J connectivity index is 1.99. The van der Waals surface area contributed by atoms with Gasteiger partial charge in [0.1, 0.15) is 11.9 Å². The molecule has 0 spiro atoms. The maximum absolute atomic E-state index is 6.32. The van der Waals surface area contributed by atoms with Gasteiger partial charge in [0.15, 0.2) is 0 Å². The highest BCUT2D eigenvalue weighted by molar-refractivity contribution is 6.31. The first kappa shape index (κ1) is 16.1. The predicted molar refractivity (Wildman–Crippen MR) is 102 cm³/mol. The highest BCUT2D eigenvalue weighted by Crippen LogP contribution is 2.31. The van der Waals surface area contributed by atoms with E-state index in [2.05, 4.69) is 40.7 Å². The second-order valence-corrected chi connectivity index (χ2v) is 6.88. The number of halogens is 1. The van der Waals surface area contributed by atoms with Crippen molar-refractivity contribution in [1.29, 1.82) is 0 Å². The van der Waals surface area contributed by atoms with Gasteiger partial charge in [-0.15, -0.1) is 0 Å². The molecule has 1 unspecified atom stereocenters. The van der Waals surface area contributed by atoms with Crippen molar-refractivity contribution < 1.29 is 0 Å². The van der Waals surface area contributed by atoms with Crippen LogP contribution in [0.25, 0.3) is 5.69 Å². The molecule has 1 aromatic heterocycles. The van der Waals surface area contributed by atoms with Crippen molar-refractivity contribution in [2.24, 2.45) is 4.99 Å². The molecule has 5 heteroatoms. The zero-order valence-corrected chi connectivity index (χ0v) is 15.0. The highest BCUT2D eigenvalue weighted by Gasteiger charge is 2.26. The summed E-state index contributed by atoms with van der Waals surface area (Å²) >= 11 is 6.32. The van der Waals surface area contributed by atoms with Gasteiger partial charge in [0, 0.05) is 35.1 Å². The second kappa shape index (κ2) is 6.47. The van der Waals surface area contributed by atoms with E-state index in [1.165, 1.54) is 0 Å². The van der Waals surface area contributed by atoms with Gasteiger partial charge in [0.25, 0.3) is 0 Å². The fourth-order valence-corrected chi connectivity index (χ4v) is 3.42. The number of hydrogen-bond acceptors (Lipinski definition) is 3. The highest BCUT2D eigenvalue weighted by atomic mass is 35.5. The lowest BCUT2D eigenvalue weighted by Gasteiger charge is -2.17. The first-order valence-corrected chi connectivity index (χ1v) is 8.63. The van der Waals surface area contributed by atoms with Crippen molar-refractivity contribution in [3.63, 3.8) is 0 Å². The number of hydrogen-bond donors (Lipinski definition) is 0. The fourth-order valence-electron chi connectivity index (χ4n) is 3.25. The van der Waals surface area contributed by atoms with Crippen LogP contribution in [-0.4, -0.2) is 40.8 Å². The minimum atomic E-state index is -0.0496. The van der Waals surface area contributed by atoms with Crippen LogP contribution < -0.4 is 0 Å². The van der Waals surface area contributed by atoms with Gasteiger partial charge in [-0.25, -0.2) is 4.98 Å². The molecule has 1 aliphatic heterocycles. The van der Waals surface area contributed by atoms with E-state index < -0.39 is 0 Å². The van der Waals surface area contributed by atoms with Crippen molar-refractivity contribution in [1.82, 2.24) is 14.5 Å². The maximum atomic E-state index is 6.32. The fraction of sp³-hybridized carbons (Fsp3) is 0.200. The van der Waals surface area contributed by atoms with E-state index >= 15 is 0 Å². The molecular formula is C20H19ClN4. The van der Waals surface area contributed by atoms with E-state index in [9.17, 15) is 0 Å². The number of aliphatic imine (C=N–C) groups is 1. The van der Waals surface area contributed by atoms with Gasteiger partial charge in [-0.2, -0.15) is 0 Å². The molecule has 0 radical (unpaired) electrons. The third kappa shape index (κ3) is 2.99. The van der Waals surface area contributed by atoms with E-state index in [1.807, 2.05) is 48.8 Å². The topological polar surface area (TPSA) is 33.4 Å². The standard InChI is InChI=1S/C20H19ClN4/c1-24(2)13-17-20-22-10-11-25(20)18-9-8-15(21)12-16(18)19(23-17)14-6-4-3-5-7-14/h3-12,17H,13H2,1-2H3. The molecule has 25 heavy (non-hydrogen) atoms. The third-order valence-corrected chi connectivity index (χ3v) is 4.55. The zero-order chi connectivity index (χ0) is 17.4. The van der Waals surface area contributed by atoms with Crippen molar-refractivity contribution in [2.75, 3.05) is 20.6 Å². The summed E-state index contributed by atoms with van der Waals surface area (Å²) in [7, 11) is 4.11. The number of rotatable bonds is 3. The van der Waals surface area contributed by atoms with Crippen LogP contribution in [0.3, 0.4) is 0 Å². The lowest BCUT2D eigenvalue weighted by atomic mass is 10.0. The summed E-state index contributed by atoms with van der Waals surface area (Å²) in [4.78, 5) is 11.8. The Hall–Kier alpha value is -2.43. The summed E-state index contributed by atoms with van der Waals surface area (Å²) < 4.78 is 2.12. The predicted octanol–water partition coefficient (Wildman–Crippen LogP) is 3.98. The van der Waals surface area contributed by atoms with Crippen LogP contribution >= 0.6 is 11.6 Å². The quantitative estimate of drug-likeness (QED) is 0.716. The molecule has 0 N–H and O–H groups in total. The van der Waals surface area contributed by atoms with Gasteiger partial charge in [0.05, 0.1) is 11.4 Å². The van der Waals surface area contributed by atoms with Gasteiger partial charge >= 0.3 is 0 Å². The molecule has 2 heterocycles. The number of aromatic nitrogens is 2. The summed E-state index contributed by atoms with van der Waals surface area (Å²) in [5.74, 6) is 0.947. The summed E-state index contributed by atoms with van der Waals surface area (Å²) in [6.45, 7) is 0.787. The Labute approximate surface area is 152 Å². The Morgan fingerprint density at radius 1 is 1.12 bits per heavy atom. The lowest BCUT2D eigenvalue weighted by Crippen LogP contribution is -2.21. The largest absolute Gasteiger partial charge is 0.307 e. The van der Waals surface area contributed by atoms with Crippen LogP contribution in [0.15, 0.2) is 65.9 Å². The monoisotopic (exact) mass is 350 g/mol. The molecular weight excluding hydrogens is 332 g/mol. The van der Waals surface area contributed by atoms with Gasteiger partial charge < -0.3 is 9.47 Å². The zero-order valence-electron chi connectivity index (χ0n) is 14.2. The normalized spacial score (nSPS) is 16.2. The van der Waals surface area contributed by atoms with E-state index in [0.29, 0.717) is 5.02 Å². The SMILES string of the molecule is CN(C)CC1N=C(c2ccccc2)c2cc(Cl)ccc2-n2ccnc21. The van der Waals surface area contributed by atoms with Crippen LogP contribution in [0.4, 0.5) is 0 Å². The maximum Gasteiger partial charge on any atom is 0.139 e. The third-order valence-electron chi connectivity index (χ3n) is 4.31. The second-order valence-electron chi connectivity index (χ2n) is 6.44. The Kier molecular flexibility index (Phi) is 4.15. The molecule has 0 saturated heterocycles. The molecule has 126 valence electrons. The summed E-state index contributed by atoms with van der Waals surface area (Å²) in [5, 5.41) is 0.704. The van der Waals surface area contributed by atoms with Crippen LogP contribution in [0.1, 0.15) is 23.0 Å². The van der Waals surface area contributed by atoms with E-state index in [0.717, 1.165) is 34.9 Å². The molecule has 0 aliphatic carbocycles. The number of nitrogens with zero attached hydrogens (tertiary/aromatic N) is 4. The number of benzene rings is 2. The van der Waals surface area contributed by atoms with Crippen molar-refractivity contribution in [3.8, 4) is 5.69 Å². The molecule has 1 atom stereocenters. The van der Waals surface area contributed by atoms with Gasteiger partial charge in [-0.3, -0.25) is 4.99 Å². The summed E-state index contributed by atoms with van der Waals surface area (Å²) in [5.41, 5.74) is 4.12. The molecule has 1 aliphatic rings.